The van der Waals surface area contributed by atoms with E-state index in [1.165, 1.54) is 10.5 Å². The third-order valence-corrected chi connectivity index (χ3v) is 3.63. The van der Waals surface area contributed by atoms with Crippen LogP contribution in [0.4, 0.5) is 4.79 Å². The molecule has 1 aromatic rings. The quantitative estimate of drug-likeness (QED) is 0.782. The molecule has 1 aliphatic rings. The number of carbonyl (C=O) groups is 1. The zero-order valence-electron chi connectivity index (χ0n) is 9.73. The number of rotatable bonds is 5. The van der Waals surface area contributed by atoms with Crippen LogP contribution in [0.2, 0.25) is 0 Å². The van der Waals surface area contributed by atoms with Crippen LogP contribution in [0.1, 0.15) is 5.56 Å². The van der Waals surface area contributed by atoms with Crippen molar-refractivity contribution in [3.63, 3.8) is 0 Å². The highest BCUT2D eigenvalue weighted by Gasteiger charge is 2.22. The molecule has 1 unspecified atom stereocenters. The molecule has 0 bridgehead atoms. The predicted molar refractivity (Wildman–Crippen MR) is 68.2 cm³/mol. The summed E-state index contributed by atoms with van der Waals surface area (Å²) in [5, 5.41) is 5.76. The summed E-state index contributed by atoms with van der Waals surface area (Å²) in [6.07, 6.45) is -0.315. The molecule has 17 heavy (non-hydrogen) atoms. The maximum Gasteiger partial charge on any atom is 0.407 e. The van der Waals surface area contributed by atoms with Gasteiger partial charge in [-0.25, -0.2) is 4.79 Å². The van der Waals surface area contributed by atoms with Gasteiger partial charge in [0.2, 0.25) is 0 Å². The number of hydrogen-bond donors (Lipinski definition) is 2. The molecule has 1 saturated heterocycles. The molecule has 1 fully saturated rings. The largest absolute Gasteiger partial charge is 0.443 e. The van der Waals surface area contributed by atoms with Crippen LogP contribution in [0.15, 0.2) is 29.2 Å². The third-order valence-electron chi connectivity index (χ3n) is 2.49. The van der Waals surface area contributed by atoms with Gasteiger partial charge in [0.25, 0.3) is 0 Å². The Morgan fingerprint density at radius 3 is 2.82 bits per heavy atom. The Morgan fingerprint density at radius 2 is 2.24 bits per heavy atom. The maximum absolute atomic E-state index is 10.8. The summed E-state index contributed by atoms with van der Waals surface area (Å²) in [5.74, 6) is 0.796. The Hall–Kier alpha value is -1.20. The number of alkyl carbamates (subject to hydrolysis) is 1. The van der Waals surface area contributed by atoms with Crippen LogP contribution in [0.25, 0.3) is 0 Å². The molecule has 0 saturated carbocycles. The zero-order valence-corrected chi connectivity index (χ0v) is 10.5. The van der Waals surface area contributed by atoms with Gasteiger partial charge in [-0.1, -0.05) is 12.1 Å². The first kappa shape index (κ1) is 12.3. The lowest BCUT2D eigenvalue weighted by Crippen LogP contribution is -2.16. The SMILES string of the molecule is CNCc1ccc(SCC2CNC(=O)O2)cc1. The first-order chi connectivity index (χ1) is 8.28. The third kappa shape index (κ3) is 3.64. The Bertz CT molecular complexity index is 381. The number of benzene rings is 1. The molecule has 0 spiro atoms. The zero-order chi connectivity index (χ0) is 12.1. The summed E-state index contributed by atoms with van der Waals surface area (Å²) in [6, 6.07) is 8.42. The highest BCUT2D eigenvalue weighted by Crippen LogP contribution is 2.21. The number of ether oxygens (including phenoxy) is 1. The van der Waals surface area contributed by atoms with E-state index in [-0.39, 0.29) is 12.2 Å². The molecule has 1 amide bonds. The van der Waals surface area contributed by atoms with Gasteiger partial charge >= 0.3 is 6.09 Å². The predicted octanol–water partition coefficient (Wildman–Crippen LogP) is 1.61. The highest BCUT2D eigenvalue weighted by molar-refractivity contribution is 7.99. The smallest absolute Gasteiger partial charge is 0.407 e. The van der Waals surface area contributed by atoms with Crippen LogP contribution in [-0.2, 0) is 11.3 Å². The van der Waals surface area contributed by atoms with Crippen LogP contribution in [0, 0.1) is 0 Å². The molecular weight excluding hydrogens is 236 g/mol. The minimum atomic E-state index is -0.306. The Balaban J connectivity index is 1.80. The van der Waals surface area contributed by atoms with Gasteiger partial charge < -0.3 is 15.4 Å². The molecule has 2 rings (SSSR count). The molecule has 1 aliphatic heterocycles. The molecule has 92 valence electrons. The summed E-state index contributed by atoms with van der Waals surface area (Å²) in [4.78, 5) is 12.0. The fraction of sp³-hybridized carbons (Fsp3) is 0.417. The first-order valence-corrected chi connectivity index (χ1v) is 6.57. The molecule has 4 nitrogen and oxygen atoms in total. The lowest BCUT2D eigenvalue weighted by molar-refractivity contribution is 0.150. The van der Waals surface area contributed by atoms with Crippen molar-refractivity contribution in [2.24, 2.45) is 0 Å². The van der Waals surface area contributed by atoms with E-state index < -0.39 is 0 Å². The van der Waals surface area contributed by atoms with Crippen LogP contribution in [-0.4, -0.2) is 31.5 Å². The van der Waals surface area contributed by atoms with Gasteiger partial charge in [0, 0.05) is 17.2 Å². The van der Waals surface area contributed by atoms with Crippen LogP contribution in [0.5, 0.6) is 0 Å². The van der Waals surface area contributed by atoms with Crippen molar-refractivity contribution in [2.45, 2.75) is 17.5 Å². The number of thioether (sulfide) groups is 1. The van der Waals surface area contributed by atoms with Crippen molar-refractivity contribution in [1.82, 2.24) is 10.6 Å². The molecule has 0 aliphatic carbocycles. The second kappa shape index (κ2) is 5.93. The Morgan fingerprint density at radius 1 is 1.47 bits per heavy atom. The van der Waals surface area contributed by atoms with Crippen LogP contribution >= 0.6 is 11.8 Å². The number of cyclic esters (lactones) is 1. The van der Waals surface area contributed by atoms with Gasteiger partial charge in [0.15, 0.2) is 0 Å². The average Bonchev–Trinajstić information content (AvgIpc) is 2.75. The molecule has 0 aromatic heterocycles. The van der Waals surface area contributed by atoms with E-state index in [2.05, 4.69) is 34.9 Å². The van der Waals surface area contributed by atoms with Crippen molar-refractivity contribution in [2.75, 3.05) is 19.3 Å². The number of hydrogen-bond acceptors (Lipinski definition) is 4. The summed E-state index contributed by atoms with van der Waals surface area (Å²) in [5.41, 5.74) is 1.27. The van der Waals surface area contributed by atoms with E-state index in [4.69, 9.17) is 4.74 Å². The van der Waals surface area contributed by atoms with Crippen molar-refractivity contribution >= 4 is 17.9 Å². The molecule has 1 atom stereocenters. The minimum Gasteiger partial charge on any atom is -0.443 e. The van der Waals surface area contributed by atoms with Gasteiger partial charge in [-0.15, -0.1) is 11.8 Å². The van der Waals surface area contributed by atoms with Crippen molar-refractivity contribution in [3.05, 3.63) is 29.8 Å². The Labute approximate surface area is 105 Å². The fourth-order valence-electron chi connectivity index (χ4n) is 1.62. The lowest BCUT2D eigenvalue weighted by Gasteiger charge is -2.07. The van der Waals surface area contributed by atoms with Crippen LogP contribution in [0.3, 0.4) is 0 Å². The number of amides is 1. The second-order valence-electron chi connectivity index (χ2n) is 3.89. The summed E-state index contributed by atoms with van der Waals surface area (Å²) in [7, 11) is 1.93. The molecule has 1 aromatic carbocycles. The second-order valence-corrected chi connectivity index (χ2v) is 4.99. The average molecular weight is 252 g/mol. The van der Waals surface area contributed by atoms with Crippen molar-refractivity contribution < 1.29 is 9.53 Å². The van der Waals surface area contributed by atoms with E-state index in [0.717, 1.165) is 12.3 Å². The van der Waals surface area contributed by atoms with E-state index in [1.807, 2.05) is 7.05 Å². The molecule has 0 radical (unpaired) electrons. The molecule has 1 heterocycles. The van der Waals surface area contributed by atoms with E-state index in [1.54, 1.807) is 11.8 Å². The molecule has 5 heteroatoms. The van der Waals surface area contributed by atoms with Gasteiger partial charge in [0.05, 0.1) is 6.54 Å². The van der Waals surface area contributed by atoms with Crippen LogP contribution < -0.4 is 10.6 Å². The highest BCUT2D eigenvalue weighted by atomic mass is 32.2. The van der Waals surface area contributed by atoms with Crippen molar-refractivity contribution in [1.29, 1.82) is 0 Å². The van der Waals surface area contributed by atoms with E-state index >= 15 is 0 Å². The number of carbonyl (C=O) groups excluding carboxylic acids is 1. The monoisotopic (exact) mass is 252 g/mol. The summed E-state index contributed by atoms with van der Waals surface area (Å²) < 4.78 is 5.06. The summed E-state index contributed by atoms with van der Waals surface area (Å²) in [6.45, 7) is 1.50. The van der Waals surface area contributed by atoms with Crippen molar-refractivity contribution in [3.8, 4) is 0 Å². The topological polar surface area (TPSA) is 50.4 Å². The normalized spacial score (nSPS) is 18.9. The fourth-order valence-corrected chi connectivity index (χ4v) is 2.51. The Kier molecular flexibility index (Phi) is 4.28. The summed E-state index contributed by atoms with van der Waals surface area (Å²) >= 11 is 1.71. The standard InChI is InChI=1S/C12H16N2O2S/c1-13-6-9-2-4-11(5-3-9)17-8-10-7-14-12(15)16-10/h2-5,10,13H,6-8H2,1H3,(H,14,15). The molecular formula is C12H16N2O2S. The van der Waals surface area contributed by atoms with Gasteiger partial charge in [-0.2, -0.15) is 0 Å². The lowest BCUT2D eigenvalue weighted by atomic mass is 10.2. The first-order valence-electron chi connectivity index (χ1n) is 5.59. The van der Waals surface area contributed by atoms with Gasteiger partial charge in [0.1, 0.15) is 6.10 Å². The number of nitrogens with one attached hydrogen (secondary N) is 2. The van der Waals surface area contributed by atoms with E-state index in [0.29, 0.717) is 6.54 Å². The van der Waals surface area contributed by atoms with Gasteiger partial charge in [-0.05, 0) is 24.7 Å². The maximum atomic E-state index is 10.8. The van der Waals surface area contributed by atoms with Gasteiger partial charge in [-0.3, -0.25) is 0 Å². The minimum absolute atomic E-state index is 0.00974. The molecule has 2 N–H and O–H groups in total. The van der Waals surface area contributed by atoms with E-state index in [9.17, 15) is 4.79 Å².